The van der Waals surface area contributed by atoms with E-state index in [4.69, 9.17) is 4.74 Å². The first-order chi connectivity index (χ1) is 11.7. The SMILES string of the molecule is CCOc1ccccc1N1CC[NH+](CC(=O)N[C@@H](C)C2CC2)CC1. The van der Waals surface area contributed by atoms with Crippen molar-refractivity contribution in [2.75, 3.05) is 44.2 Å². The van der Waals surface area contributed by atoms with Gasteiger partial charge < -0.3 is 19.9 Å². The zero-order valence-corrected chi connectivity index (χ0v) is 14.9. The van der Waals surface area contributed by atoms with Crippen molar-refractivity contribution in [3.63, 3.8) is 0 Å². The van der Waals surface area contributed by atoms with Crippen LogP contribution in [-0.4, -0.2) is 51.3 Å². The molecule has 1 amide bonds. The van der Waals surface area contributed by atoms with Crippen molar-refractivity contribution in [3.05, 3.63) is 24.3 Å². The molecule has 1 aliphatic carbocycles. The Morgan fingerprint density at radius 1 is 1.33 bits per heavy atom. The Kier molecular flexibility index (Phi) is 5.61. The average Bonchev–Trinajstić information content (AvgIpc) is 3.41. The second-order valence-corrected chi connectivity index (χ2v) is 7.01. The molecule has 1 heterocycles. The standard InChI is InChI=1S/C19H29N3O2/c1-3-24-18-7-5-4-6-17(18)22-12-10-21(11-13-22)14-19(23)20-15(2)16-8-9-16/h4-7,15-16H,3,8-14H2,1-2H3,(H,20,23)/p+1/t15-/m0/s1. The molecule has 5 heteroatoms. The highest BCUT2D eigenvalue weighted by atomic mass is 16.5. The van der Waals surface area contributed by atoms with Crippen LogP contribution in [0, 0.1) is 5.92 Å². The lowest BCUT2D eigenvalue weighted by Gasteiger charge is -2.34. The predicted octanol–water partition coefficient (Wildman–Crippen LogP) is 0.705. The van der Waals surface area contributed by atoms with E-state index < -0.39 is 0 Å². The maximum absolute atomic E-state index is 12.2. The summed E-state index contributed by atoms with van der Waals surface area (Å²) in [6.07, 6.45) is 2.54. The first-order valence-corrected chi connectivity index (χ1v) is 9.27. The first-order valence-electron chi connectivity index (χ1n) is 9.27. The van der Waals surface area contributed by atoms with Gasteiger partial charge in [0.2, 0.25) is 0 Å². The molecule has 0 bridgehead atoms. The minimum Gasteiger partial charge on any atom is -0.492 e. The Morgan fingerprint density at radius 2 is 2.04 bits per heavy atom. The summed E-state index contributed by atoms with van der Waals surface area (Å²) in [6, 6.07) is 8.58. The van der Waals surface area contributed by atoms with Crippen LogP contribution in [0.1, 0.15) is 26.7 Å². The third kappa shape index (κ3) is 4.41. The van der Waals surface area contributed by atoms with Gasteiger partial charge in [-0.05, 0) is 44.7 Å². The van der Waals surface area contributed by atoms with Crippen LogP contribution in [0.5, 0.6) is 5.75 Å². The van der Waals surface area contributed by atoms with Crippen LogP contribution in [0.25, 0.3) is 0 Å². The summed E-state index contributed by atoms with van der Waals surface area (Å²) >= 11 is 0. The molecular formula is C19H30N3O2+. The number of anilines is 1. The van der Waals surface area contributed by atoms with Gasteiger partial charge in [-0.1, -0.05) is 12.1 Å². The number of quaternary nitrogens is 1. The summed E-state index contributed by atoms with van der Waals surface area (Å²) in [6.45, 7) is 9.33. The van der Waals surface area contributed by atoms with Gasteiger partial charge in [-0.2, -0.15) is 0 Å². The molecule has 1 saturated heterocycles. The molecule has 0 unspecified atom stereocenters. The van der Waals surface area contributed by atoms with E-state index in [9.17, 15) is 4.79 Å². The molecule has 0 spiro atoms. The van der Waals surface area contributed by atoms with E-state index >= 15 is 0 Å². The minimum absolute atomic E-state index is 0.201. The lowest BCUT2D eigenvalue weighted by atomic mass is 10.2. The molecule has 24 heavy (non-hydrogen) atoms. The lowest BCUT2D eigenvalue weighted by Crippen LogP contribution is -3.16. The summed E-state index contributed by atoms with van der Waals surface area (Å²) in [5.74, 6) is 1.88. The molecule has 1 atom stereocenters. The average molecular weight is 332 g/mol. The summed E-state index contributed by atoms with van der Waals surface area (Å²) in [7, 11) is 0. The number of piperazine rings is 1. The van der Waals surface area contributed by atoms with Gasteiger partial charge in [0.15, 0.2) is 6.54 Å². The highest BCUT2D eigenvalue weighted by molar-refractivity contribution is 5.77. The van der Waals surface area contributed by atoms with Crippen molar-refractivity contribution in [3.8, 4) is 5.75 Å². The Balaban J connectivity index is 1.48. The fourth-order valence-corrected chi connectivity index (χ4v) is 3.48. The van der Waals surface area contributed by atoms with Gasteiger partial charge in [0, 0.05) is 6.04 Å². The second kappa shape index (κ2) is 7.88. The monoisotopic (exact) mass is 332 g/mol. The van der Waals surface area contributed by atoms with Gasteiger partial charge in [-0.15, -0.1) is 0 Å². The van der Waals surface area contributed by atoms with Gasteiger partial charge in [-0.3, -0.25) is 4.79 Å². The highest BCUT2D eigenvalue weighted by Crippen LogP contribution is 2.32. The van der Waals surface area contributed by atoms with Crippen molar-refractivity contribution >= 4 is 11.6 Å². The van der Waals surface area contributed by atoms with E-state index in [-0.39, 0.29) is 5.91 Å². The normalized spacial score (nSPS) is 19.8. The highest BCUT2D eigenvalue weighted by Gasteiger charge is 2.30. The van der Waals surface area contributed by atoms with Crippen molar-refractivity contribution in [1.82, 2.24) is 5.32 Å². The molecule has 1 aliphatic heterocycles. The zero-order chi connectivity index (χ0) is 16.9. The maximum atomic E-state index is 12.2. The summed E-state index contributed by atoms with van der Waals surface area (Å²) in [4.78, 5) is 15.9. The van der Waals surface area contributed by atoms with Crippen LogP contribution in [0.4, 0.5) is 5.69 Å². The largest absolute Gasteiger partial charge is 0.492 e. The molecule has 5 nitrogen and oxygen atoms in total. The number of nitrogens with one attached hydrogen (secondary N) is 2. The Morgan fingerprint density at radius 3 is 2.71 bits per heavy atom. The summed E-state index contributed by atoms with van der Waals surface area (Å²) < 4.78 is 5.74. The van der Waals surface area contributed by atoms with E-state index in [1.54, 1.807) is 0 Å². The number of nitrogens with zero attached hydrogens (tertiary/aromatic N) is 1. The van der Waals surface area contributed by atoms with Gasteiger partial charge >= 0.3 is 0 Å². The molecule has 0 aromatic heterocycles. The van der Waals surface area contributed by atoms with E-state index in [0.29, 0.717) is 19.2 Å². The summed E-state index contributed by atoms with van der Waals surface area (Å²) in [5, 5.41) is 3.16. The molecular weight excluding hydrogens is 302 g/mol. The fourth-order valence-electron chi connectivity index (χ4n) is 3.48. The van der Waals surface area contributed by atoms with E-state index in [1.807, 2.05) is 19.1 Å². The molecule has 2 N–H and O–H groups in total. The number of amides is 1. The second-order valence-electron chi connectivity index (χ2n) is 7.01. The van der Waals surface area contributed by atoms with Crippen LogP contribution in [0.2, 0.25) is 0 Å². The molecule has 2 aliphatic rings. The number of carbonyl (C=O) groups excluding carboxylic acids is 1. The van der Waals surface area contributed by atoms with Crippen LogP contribution in [-0.2, 0) is 4.79 Å². The molecule has 1 aromatic rings. The van der Waals surface area contributed by atoms with Gasteiger partial charge in [0.05, 0.1) is 38.5 Å². The van der Waals surface area contributed by atoms with Crippen LogP contribution in [0.3, 0.4) is 0 Å². The minimum atomic E-state index is 0.201. The van der Waals surface area contributed by atoms with Crippen molar-refractivity contribution < 1.29 is 14.4 Å². The Labute approximate surface area is 145 Å². The van der Waals surface area contributed by atoms with Crippen LogP contribution < -0.4 is 19.9 Å². The number of para-hydroxylation sites is 2. The van der Waals surface area contributed by atoms with Crippen LogP contribution in [0.15, 0.2) is 24.3 Å². The quantitative estimate of drug-likeness (QED) is 0.773. The topological polar surface area (TPSA) is 46.0 Å². The number of benzene rings is 1. The number of hydrogen-bond acceptors (Lipinski definition) is 3. The van der Waals surface area contributed by atoms with Crippen molar-refractivity contribution in [2.45, 2.75) is 32.7 Å². The third-order valence-electron chi connectivity index (χ3n) is 5.10. The smallest absolute Gasteiger partial charge is 0.275 e. The maximum Gasteiger partial charge on any atom is 0.275 e. The van der Waals surface area contributed by atoms with Crippen LogP contribution >= 0.6 is 0 Å². The number of rotatable bonds is 7. The Bertz CT molecular complexity index is 551. The van der Waals surface area contributed by atoms with Crippen molar-refractivity contribution in [1.29, 1.82) is 0 Å². The zero-order valence-electron chi connectivity index (χ0n) is 14.9. The van der Waals surface area contributed by atoms with E-state index in [0.717, 1.165) is 37.8 Å². The van der Waals surface area contributed by atoms with Gasteiger partial charge in [0.1, 0.15) is 5.75 Å². The first kappa shape index (κ1) is 17.1. The van der Waals surface area contributed by atoms with Crippen molar-refractivity contribution in [2.24, 2.45) is 5.92 Å². The summed E-state index contributed by atoms with van der Waals surface area (Å²) in [5.41, 5.74) is 1.17. The molecule has 1 aromatic carbocycles. The predicted molar refractivity (Wildman–Crippen MR) is 95.7 cm³/mol. The van der Waals surface area contributed by atoms with Gasteiger partial charge in [-0.25, -0.2) is 0 Å². The molecule has 3 rings (SSSR count). The number of hydrogen-bond donors (Lipinski definition) is 2. The van der Waals surface area contributed by atoms with E-state index in [2.05, 4.69) is 29.3 Å². The fraction of sp³-hybridized carbons (Fsp3) is 0.632. The number of carbonyl (C=O) groups is 1. The lowest BCUT2D eigenvalue weighted by molar-refractivity contribution is -0.892. The molecule has 1 saturated carbocycles. The molecule has 0 radical (unpaired) electrons. The molecule has 2 fully saturated rings. The third-order valence-corrected chi connectivity index (χ3v) is 5.10. The number of ether oxygens (including phenoxy) is 1. The van der Waals surface area contributed by atoms with E-state index in [1.165, 1.54) is 23.4 Å². The Hall–Kier alpha value is -1.75. The van der Waals surface area contributed by atoms with Gasteiger partial charge in [0.25, 0.3) is 5.91 Å². The molecule has 132 valence electrons.